The van der Waals surface area contributed by atoms with Crippen molar-refractivity contribution >= 4 is 11.9 Å². The summed E-state index contributed by atoms with van der Waals surface area (Å²) in [4.78, 5) is 23.8. The van der Waals surface area contributed by atoms with E-state index in [1.807, 2.05) is 6.92 Å². The zero-order valence-electron chi connectivity index (χ0n) is 12.8. The van der Waals surface area contributed by atoms with Gasteiger partial charge in [0.1, 0.15) is 0 Å². The molecule has 2 aliphatic rings. The Morgan fingerprint density at radius 1 is 1.15 bits per heavy atom. The van der Waals surface area contributed by atoms with Gasteiger partial charge in [0, 0.05) is 6.04 Å². The van der Waals surface area contributed by atoms with E-state index < -0.39 is 11.9 Å². The Bertz CT molecular complexity index is 391. The van der Waals surface area contributed by atoms with Gasteiger partial charge in [0.25, 0.3) is 0 Å². The van der Waals surface area contributed by atoms with Crippen LogP contribution in [0.3, 0.4) is 0 Å². The second kappa shape index (κ2) is 5.74. The van der Waals surface area contributed by atoms with Crippen molar-refractivity contribution in [3.8, 4) is 0 Å². The molecule has 2 rings (SSSR count). The van der Waals surface area contributed by atoms with Crippen molar-refractivity contribution in [2.24, 2.45) is 23.2 Å². The van der Waals surface area contributed by atoms with Gasteiger partial charge in [-0.3, -0.25) is 9.59 Å². The van der Waals surface area contributed by atoms with E-state index in [2.05, 4.69) is 19.2 Å². The maximum Gasteiger partial charge on any atom is 0.307 e. The Labute approximate surface area is 121 Å². The molecule has 0 aromatic heterocycles. The van der Waals surface area contributed by atoms with Crippen LogP contribution in [0.5, 0.6) is 0 Å². The quantitative estimate of drug-likeness (QED) is 0.836. The summed E-state index contributed by atoms with van der Waals surface area (Å²) in [6.45, 7) is 6.43. The van der Waals surface area contributed by atoms with Crippen LogP contribution in [0.1, 0.15) is 59.3 Å². The molecule has 2 saturated carbocycles. The van der Waals surface area contributed by atoms with Crippen molar-refractivity contribution in [3.05, 3.63) is 0 Å². The summed E-state index contributed by atoms with van der Waals surface area (Å²) in [6.07, 6.45) is 5.84. The van der Waals surface area contributed by atoms with Gasteiger partial charge in [0.05, 0.1) is 11.8 Å². The number of carbonyl (C=O) groups is 2. The molecule has 4 heteroatoms. The number of rotatable bonds is 3. The van der Waals surface area contributed by atoms with Crippen LogP contribution in [0, 0.1) is 23.2 Å². The Morgan fingerprint density at radius 3 is 2.40 bits per heavy atom. The molecule has 20 heavy (non-hydrogen) atoms. The molecule has 4 unspecified atom stereocenters. The first-order chi connectivity index (χ1) is 9.31. The highest BCUT2D eigenvalue weighted by molar-refractivity contribution is 5.85. The maximum absolute atomic E-state index is 12.5. The van der Waals surface area contributed by atoms with E-state index in [4.69, 9.17) is 0 Å². The van der Waals surface area contributed by atoms with E-state index >= 15 is 0 Å². The molecule has 0 aromatic carbocycles. The van der Waals surface area contributed by atoms with Crippen molar-refractivity contribution in [3.63, 3.8) is 0 Å². The molecule has 0 heterocycles. The number of hydrogen-bond donors (Lipinski definition) is 2. The molecule has 0 radical (unpaired) electrons. The molecular weight excluding hydrogens is 254 g/mol. The predicted molar refractivity (Wildman–Crippen MR) is 77.2 cm³/mol. The molecule has 2 fully saturated rings. The Balaban J connectivity index is 2.02. The normalized spacial score (nSPS) is 36.5. The fourth-order valence-corrected chi connectivity index (χ4v) is 3.89. The number of carbonyl (C=O) groups excluding carboxylic acids is 1. The zero-order valence-corrected chi connectivity index (χ0v) is 12.8. The molecule has 0 bridgehead atoms. The molecule has 114 valence electrons. The van der Waals surface area contributed by atoms with Gasteiger partial charge in [-0.2, -0.15) is 0 Å². The summed E-state index contributed by atoms with van der Waals surface area (Å²) in [7, 11) is 0. The summed E-state index contributed by atoms with van der Waals surface area (Å²) in [5, 5.41) is 12.4. The van der Waals surface area contributed by atoms with E-state index in [0.717, 1.165) is 19.3 Å². The molecular formula is C16H27NO3. The number of amides is 1. The first kappa shape index (κ1) is 15.3. The second-order valence-electron chi connectivity index (χ2n) is 7.42. The van der Waals surface area contributed by atoms with Crippen LogP contribution in [-0.4, -0.2) is 23.0 Å². The minimum Gasteiger partial charge on any atom is -0.481 e. The summed E-state index contributed by atoms with van der Waals surface area (Å²) < 4.78 is 0. The third kappa shape index (κ3) is 3.15. The average Bonchev–Trinajstić information content (AvgIpc) is 2.74. The Morgan fingerprint density at radius 2 is 1.80 bits per heavy atom. The molecule has 2 aliphatic carbocycles. The zero-order chi connectivity index (χ0) is 14.9. The van der Waals surface area contributed by atoms with Crippen molar-refractivity contribution < 1.29 is 14.7 Å². The van der Waals surface area contributed by atoms with Crippen molar-refractivity contribution in [1.82, 2.24) is 5.32 Å². The Kier molecular flexibility index (Phi) is 4.40. The van der Waals surface area contributed by atoms with Gasteiger partial charge < -0.3 is 10.4 Å². The monoisotopic (exact) mass is 281 g/mol. The van der Waals surface area contributed by atoms with Gasteiger partial charge in [-0.1, -0.05) is 33.6 Å². The predicted octanol–water partition coefficient (Wildman–Crippen LogP) is 2.82. The standard InChI is InChI=1S/C16H27NO3/c1-10-8-11(12(9-10)15(19)20)14(18)17-13-6-4-5-7-16(13,2)3/h10-13H,4-9H2,1-3H3,(H,17,18)(H,19,20). The highest BCUT2D eigenvalue weighted by Gasteiger charge is 2.43. The molecule has 2 N–H and O–H groups in total. The highest BCUT2D eigenvalue weighted by Crippen LogP contribution is 2.39. The van der Waals surface area contributed by atoms with E-state index in [1.54, 1.807) is 0 Å². The van der Waals surface area contributed by atoms with Crippen LogP contribution in [0.4, 0.5) is 0 Å². The van der Waals surface area contributed by atoms with Crippen LogP contribution in [-0.2, 0) is 9.59 Å². The first-order valence-corrected chi connectivity index (χ1v) is 7.84. The van der Waals surface area contributed by atoms with Gasteiger partial charge in [0.15, 0.2) is 0 Å². The SMILES string of the molecule is CC1CC(C(=O)O)C(C(=O)NC2CCCCC2(C)C)C1. The van der Waals surface area contributed by atoms with Crippen molar-refractivity contribution in [2.75, 3.05) is 0 Å². The molecule has 1 amide bonds. The Hall–Kier alpha value is -1.06. The minimum atomic E-state index is -0.822. The van der Waals surface area contributed by atoms with Gasteiger partial charge in [-0.25, -0.2) is 0 Å². The van der Waals surface area contributed by atoms with Crippen LogP contribution in [0.2, 0.25) is 0 Å². The van der Waals surface area contributed by atoms with Gasteiger partial charge in [0.2, 0.25) is 5.91 Å². The smallest absolute Gasteiger partial charge is 0.307 e. The fourth-order valence-electron chi connectivity index (χ4n) is 3.89. The molecule has 0 saturated heterocycles. The van der Waals surface area contributed by atoms with Gasteiger partial charge in [-0.15, -0.1) is 0 Å². The van der Waals surface area contributed by atoms with Crippen molar-refractivity contribution in [2.45, 2.75) is 65.3 Å². The maximum atomic E-state index is 12.5. The molecule has 0 aliphatic heterocycles. The first-order valence-electron chi connectivity index (χ1n) is 7.84. The molecule has 4 nitrogen and oxygen atoms in total. The van der Waals surface area contributed by atoms with E-state index in [9.17, 15) is 14.7 Å². The third-order valence-corrected chi connectivity index (χ3v) is 5.28. The number of hydrogen-bond acceptors (Lipinski definition) is 2. The van der Waals surface area contributed by atoms with E-state index in [1.165, 1.54) is 6.42 Å². The lowest BCUT2D eigenvalue weighted by atomic mass is 9.73. The van der Waals surface area contributed by atoms with Crippen LogP contribution < -0.4 is 5.32 Å². The van der Waals surface area contributed by atoms with Crippen LogP contribution >= 0.6 is 0 Å². The number of carboxylic acid groups (broad SMARTS) is 1. The molecule has 0 aromatic rings. The molecule has 4 atom stereocenters. The fraction of sp³-hybridized carbons (Fsp3) is 0.875. The lowest BCUT2D eigenvalue weighted by molar-refractivity contribution is -0.146. The molecule has 0 spiro atoms. The van der Waals surface area contributed by atoms with Crippen LogP contribution in [0.25, 0.3) is 0 Å². The second-order valence-corrected chi connectivity index (χ2v) is 7.42. The van der Waals surface area contributed by atoms with E-state index in [0.29, 0.717) is 18.8 Å². The minimum absolute atomic E-state index is 0.0401. The van der Waals surface area contributed by atoms with Crippen LogP contribution in [0.15, 0.2) is 0 Å². The van der Waals surface area contributed by atoms with E-state index in [-0.39, 0.29) is 23.3 Å². The van der Waals surface area contributed by atoms with Crippen molar-refractivity contribution in [1.29, 1.82) is 0 Å². The average molecular weight is 281 g/mol. The lowest BCUT2D eigenvalue weighted by Gasteiger charge is -2.39. The highest BCUT2D eigenvalue weighted by atomic mass is 16.4. The topological polar surface area (TPSA) is 66.4 Å². The number of nitrogens with one attached hydrogen (secondary N) is 1. The summed E-state index contributed by atoms with van der Waals surface area (Å²) in [5.74, 6) is -1.39. The lowest BCUT2D eigenvalue weighted by Crippen LogP contribution is -2.49. The van der Waals surface area contributed by atoms with Gasteiger partial charge >= 0.3 is 5.97 Å². The largest absolute Gasteiger partial charge is 0.481 e. The summed E-state index contributed by atoms with van der Waals surface area (Å²) >= 11 is 0. The number of aliphatic carboxylic acids is 1. The number of carboxylic acids is 1. The summed E-state index contributed by atoms with van der Waals surface area (Å²) in [5.41, 5.74) is 0.122. The third-order valence-electron chi connectivity index (χ3n) is 5.28. The van der Waals surface area contributed by atoms with Gasteiger partial charge in [-0.05, 0) is 37.0 Å². The summed E-state index contributed by atoms with van der Waals surface area (Å²) in [6, 6.07) is 0.189.